The van der Waals surface area contributed by atoms with E-state index in [1.807, 2.05) is 0 Å². The molecule has 5 heteroatoms. The standard InChI is InChI=1S/C23H33N5/c1-4-7-11-25-17-9-10-19-22(14-17)28(13-6-3)23-15-18(24)20(16-21(23)27-19)26-12-8-5-2/h9-10,14-16H,4-8,11-13H2,1-3H3,(H3,24,25,26,27)/p+1. The van der Waals surface area contributed by atoms with Gasteiger partial charge in [-0.05, 0) is 31.0 Å². The van der Waals surface area contributed by atoms with E-state index in [1.165, 1.54) is 12.8 Å². The molecule has 0 fully saturated rings. The first-order valence-corrected chi connectivity index (χ1v) is 10.7. The summed E-state index contributed by atoms with van der Waals surface area (Å²) in [6.07, 6.45) is 5.72. The van der Waals surface area contributed by atoms with Crippen molar-refractivity contribution in [3.8, 4) is 0 Å². The Morgan fingerprint density at radius 1 is 0.857 bits per heavy atom. The van der Waals surface area contributed by atoms with Crippen molar-refractivity contribution in [2.24, 2.45) is 0 Å². The van der Waals surface area contributed by atoms with Crippen LogP contribution in [0.25, 0.3) is 22.1 Å². The highest BCUT2D eigenvalue weighted by Crippen LogP contribution is 2.26. The summed E-state index contributed by atoms with van der Waals surface area (Å²) in [4.78, 5) is 4.94. The normalized spacial score (nSPS) is 11.2. The van der Waals surface area contributed by atoms with Crippen molar-refractivity contribution in [1.29, 1.82) is 0 Å². The van der Waals surface area contributed by atoms with Gasteiger partial charge in [0.25, 0.3) is 0 Å². The Morgan fingerprint density at radius 3 is 2.29 bits per heavy atom. The van der Waals surface area contributed by atoms with Crippen LogP contribution in [0.15, 0.2) is 30.3 Å². The summed E-state index contributed by atoms with van der Waals surface area (Å²) in [7, 11) is 0. The van der Waals surface area contributed by atoms with Crippen molar-refractivity contribution < 1.29 is 4.57 Å². The first kappa shape index (κ1) is 20.2. The maximum atomic E-state index is 6.37. The Bertz CT molecular complexity index is 935. The largest absolute Gasteiger partial charge is 0.397 e. The number of nitrogens with two attached hydrogens (primary N) is 1. The van der Waals surface area contributed by atoms with Crippen LogP contribution in [0.2, 0.25) is 0 Å². The average Bonchev–Trinajstić information content (AvgIpc) is 2.69. The van der Waals surface area contributed by atoms with Gasteiger partial charge in [0.1, 0.15) is 17.6 Å². The molecule has 0 aliphatic heterocycles. The summed E-state index contributed by atoms with van der Waals surface area (Å²) in [5.41, 5.74) is 13.5. The number of nitrogens with one attached hydrogen (secondary N) is 2. The monoisotopic (exact) mass is 380 g/mol. The van der Waals surface area contributed by atoms with Gasteiger partial charge in [0, 0.05) is 37.3 Å². The molecule has 5 nitrogen and oxygen atoms in total. The van der Waals surface area contributed by atoms with E-state index in [9.17, 15) is 0 Å². The molecule has 1 aromatic heterocycles. The lowest BCUT2D eigenvalue weighted by Crippen LogP contribution is -2.36. The first-order valence-electron chi connectivity index (χ1n) is 10.7. The molecule has 0 aliphatic rings. The molecule has 0 aliphatic carbocycles. The van der Waals surface area contributed by atoms with E-state index in [-0.39, 0.29) is 0 Å². The molecule has 1 heterocycles. The van der Waals surface area contributed by atoms with E-state index in [2.05, 4.69) is 66.3 Å². The molecule has 28 heavy (non-hydrogen) atoms. The van der Waals surface area contributed by atoms with Crippen molar-refractivity contribution in [2.75, 3.05) is 29.5 Å². The number of rotatable bonds is 10. The highest BCUT2D eigenvalue weighted by Gasteiger charge is 2.18. The molecule has 0 saturated heterocycles. The zero-order valence-corrected chi connectivity index (χ0v) is 17.5. The fraction of sp³-hybridized carbons (Fsp3) is 0.478. The predicted molar refractivity (Wildman–Crippen MR) is 121 cm³/mol. The van der Waals surface area contributed by atoms with Gasteiger partial charge in [0.2, 0.25) is 11.0 Å². The molecule has 150 valence electrons. The molecular formula is C23H34N5+. The molecule has 0 bridgehead atoms. The van der Waals surface area contributed by atoms with Gasteiger partial charge in [0.05, 0.1) is 11.4 Å². The number of unbranched alkanes of at least 4 members (excludes halogenated alkanes) is 2. The van der Waals surface area contributed by atoms with E-state index >= 15 is 0 Å². The Balaban J connectivity index is 2.07. The summed E-state index contributed by atoms with van der Waals surface area (Å²) < 4.78 is 2.36. The third-order valence-electron chi connectivity index (χ3n) is 5.10. The van der Waals surface area contributed by atoms with Crippen LogP contribution in [-0.4, -0.2) is 18.1 Å². The molecule has 0 atom stereocenters. The number of hydrogen-bond donors (Lipinski definition) is 3. The maximum absolute atomic E-state index is 6.37. The summed E-state index contributed by atoms with van der Waals surface area (Å²) in [5, 5.41) is 6.99. The number of benzene rings is 2. The second-order valence-corrected chi connectivity index (χ2v) is 7.46. The van der Waals surface area contributed by atoms with Gasteiger partial charge in [-0.25, -0.2) is 4.98 Å². The van der Waals surface area contributed by atoms with Crippen LogP contribution in [0.5, 0.6) is 0 Å². The van der Waals surface area contributed by atoms with E-state index in [4.69, 9.17) is 10.7 Å². The molecule has 3 rings (SSSR count). The highest BCUT2D eigenvalue weighted by atomic mass is 15.0. The molecule has 2 aromatic carbocycles. The molecule has 0 amide bonds. The predicted octanol–water partition coefficient (Wildman–Crippen LogP) is 5.09. The number of anilines is 3. The van der Waals surface area contributed by atoms with Crippen molar-refractivity contribution in [2.45, 2.75) is 59.4 Å². The number of fused-ring (bicyclic) bond motifs is 2. The van der Waals surface area contributed by atoms with Crippen molar-refractivity contribution in [3.63, 3.8) is 0 Å². The second kappa shape index (κ2) is 9.58. The highest BCUT2D eigenvalue weighted by molar-refractivity contribution is 5.89. The van der Waals surface area contributed by atoms with Gasteiger partial charge in [-0.3, -0.25) is 0 Å². The fourth-order valence-electron chi connectivity index (χ4n) is 3.53. The minimum Gasteiger partial charge on any atom is -0.397 e. The number of aromatic nitrogens is 2. The van der Waals surface area contributed by atoms with Crippen LogP contribution >= 0.6 is 0 Å². The van der Waals surface area contributed by atoms with Crippen molar-refractivity contribution in [3.05, 3.63) is 30.3 Å². The van der Waals surface area contributed by atoms with E-state index in [0.29, 0.717) is 0 Å². The molecule has 0 spiro atoms. The molecule has 0 unspecified atom stereocenters. The smallest absolute Gasteiger partial charge is 0.233 e. The lowest BCUT2D eigenvalue weighted by molar-refractivity contribution is -0.645. The van der Waals surface area contributed by atoms with Crippen molar-refractivity contribution in [1.82, 2.24) is 4.98 Å². The van der Waals surface area contributed by atoms with Crippen LogP contribution in [0.3, 0.4) is 0 Å². The second-order valence-electron chi connectivity index (χ2n) is 7.46. The Kier molecular flexibility index (Phi) is 6.90. The maximum Gasteiger partial charge on any atom is 0.233 e. The lowest BCUT2D eigenvalue weighted by Gasteiger charge is -2.12. The van der Waals surface area contributed by atoms with Gasteiger partial charge < -0.3 is 16.4 Å². The summed E-state index contributed by atoms with van der Waals surface area (Å²) >= 11 is 0. The third-order valence-corrected chi connectivity index (χ3v) is 5.10. The van der Waals surface area contributed by atoms with Crippen LogP contribution in [0.1, 0.15) is 52.9 Å². The average molecular weight is 381 g/mol. The first-order chi connectivity index (χ1) is 13.7. The van der Waals surface area contributed by atoms with Gasteiger partial charge in [0.15, 0.2) is 0 Å². The van der Waals surface area contributed by atoms with Crippen molar-refractivity contribution >= 4 is 39.1 Å². The van der Waals surface area contributed by atoms with E-state index < -0.39 is 0 Å². The fourth-order valence-corrected chi connectivity index (χ4v) is 3.53. The van der Waals surface area contributed by atoms with E-state index in [1.54, 1.807) is 0 Å². The van der Waals surface area contributed by atoms with Crippen LogP contribution in [0.4, 0.5) is 17.1 Å². The lowest BCUT2D eigenvalue weighted by atomic mass is 10.1. The molecule has 0 radical (unpaired) electrons. The summed E-state index contributed by atoms with van der Waals surface area (Å²) in [5.74, 6) is 0. The number of nitrogens with zero attached hydrogens (tertiary/aromatic N) is 2. The number of aryl methyl sites for hydroxylation is 1. The number of nitrogen functional groups attached to an aromatic ring is 1. The quantitative estimate of drug-likeness (QED) is 0.198. The van der Waals surface area contributed by atoms with Gasteiger partial charge in [-0.15, -0.1) is 0 Å². The third kappa shape index (κ3) is 4.46. The van der Waals surface area contributed by atoms with Crippen LogP contribution in [0, 0.1) is 0 Å². The summed E-state index contributed by atoms with van der Waals surface area (Å²) in [6.45, 7) is 9.48. The van der Waals surface area contributed by atoms with Crippen LogP contribution in [-0.2, 0) is 6.54 Å². The molecule has 0 saturated carbocycles. The molecule has 4 N–H and O–H groups in total. The minimum absolute atomic E-state index is 0.784. The Hall–Kier alpha value is -2.56. The van der Waals surface area contributed by atoms with E-state index in [0.717, 1.165) is 78.0 Å². The summed E-state index contributed by atoms with van der Waals surface area (Å²) in [6, 6.07) is 10.6. The van der Waals surface area contributed by atoms with Gasteiger partial charge in [-0.1, -0.05) is 33.6 Å². The minimum atomic E-state index is 0.784. The van der Waals surface area contributed by atoms with Gasteiger partial charge >= 0.3 is 0 Å². The topological polar surface area (TPSA) is 66.8 Å². The molecular weight excluding hydrogens is 346 g/mol. The zero-order valence-electron chi connectivity index (χ0n) is 17.5. The Labute approximate surface area is 168 Å². The molecule has 3 aromatic rings. The SMILES string of the molecule is CCCCNc1ccc2nc3cc(NCCCC)c(N)cc3[n+](CCC)c2c1. The Morgan fingerprint density at radius 2 is 1.57 bits per heavy atom. The zero-order chi connectivity index (χ0) is 19.9. The number of hydrogen-bond acceptors (Lipinski definition) is 4. The van der Waals surface area contributed by atoms with Crippen LogP contribution < -0.4 is 20.9 Å². The van der Waals surface area contributed by atoms with Gasteiger partial charge in [-0.2, -0.15) is 4.57 Å².